The van der Waals surface area contributed by atoms with Gasteiger partial charge in [0.15, 0.2) is 5.96 Å². The van der Waals surface area contributed by atoms with E-state index in [1.54, 1.807) is 0 Å². The monoisotopic (exact) mass is 323 g/mol. The summed E-state index contributed by atoms with van der Waals surface area (Å²) < 4.78 is 5.14. The summed E-state index contributed by atoms with van der Waals surface area (Å²) in [6, 6.07) is 1.02. The van der Waals surface area contributed by atoms with Crippen molar-refractivity contribution in [2.24, 2.45) is 16.8 Å². The Morgan fingerprint density at radius 2 is 1.87 bits per heavy atom. The van der Waals surface area contributed by atoms with Crippen LogP contribution >= 0.6 is 0 Å². The van der Waals surface area contributed by atoms with E-state index in [2.05, 4.69) is 29.5 Å². The fourth-order valence-electron chi connectivity index (χ4n) is 3.51. The molecular formula is C18H33N3O2. The first-order valence-corrected chi connectivity index (χ1v) is 9.42. The number of ether oxygens (including phenoxy) is 1. The highest BCUT2D eigenvalue weighted by molar-refractivity contribution is 5.81. The highest BCUT2D eigenvalue weighted by Crippen LogP contribution is 2.34. The fraction of sp³-hybridized carbons (Fsp3) is 0.889. The van der Waals surface area contributed by atoms with Gasteiger partial charge in [-0.15, -0.1) is 0 Å². The zero-order valence-corrected chi connectivity index (χ0v) is 14.9. The van der Waals surface area contributed by atoms with Crippen molar-refractivity contribution in [1.82, 2.24) is 10.6 Å². The maximum atomic E-state index is 11.8. The fourth-order valence-corrected chi connectivity index (χ4v) is 3.51. The number of nitrogens with zero attached hydrogens (tertiary/aromatic N) is 1. The van der Waals surface area contributed by atoms with Crippen LogP contribution in [0.2, 0.25) is 0 Å². The molecule has 0 aliphatic heterocycles. The normalized spacial score (nSPS) is 30.7. The Morgan fingerprint density at radius 1 is 1.13 bits per heavy atom. The zero-order valence-electron chi connectivity index (χ0n) is 14.9. The predicted molar refractivity (Wildman–Crippen MR) is 93.4 cm³/mol. The summed E-state index contributed by atoms with van der Waals surface area (Å²) in [6.45, 7) is 7.45. The Kier molecular flexibility index (Phi) is 7.18. The Bertz CT molecular complexity index is 403. The van der Waals surface area contributed by atoms with Gasteiger partial charge < -0.3 is 15.4 Å². The number of guanidine groups is 1. The maximum absolute atomic E-state index is 11.8. The van der Waals surface area contributed by atoms with Crippen molar-refractivity contribution in [3.8, 4) is 0 Å². The molecule has 2 aliphatic carbocycles. The van der Waals surface area contributed by atoms with E-state index in [1.165, 1.54) is 19.3 Å². The molecule has 132 valence electrons. The molecule has 2 saturated carbocycles. The summed E-state index contributed by atoms with van der Waals surface area (Å²) in [6.07, 6.45) is 7.69. The van der Waals surface area contributed by atoms with Gasteiger partial charge in [-0.3, -0.25) is 9.79 Å². The molecule has 2 atom stereocenters. The molecule has 0 amide bonds. The summed E-state index contributed by atoms with van der Waals surface area (Å²) in [7, 11) is 0. The van der Waals surface area contributed by atoms with Gasteiger partial charge in [-0.05, 0) is 58.3 Å². The summed E-state index contributed by atoms with van der Waals surface area (Å²) in [5, 5.41) is 7.14. The van der Waals surface area contributed by atoms with Crippen LogP contribution in [-0.4, -0.2) is 37.2 Å². The number of rotatable bonds is 7. The van der Waals surface area contributed by atoms with Crippen molar-refractivity contribution in [2.75, 3.05) is 13.2 Å². The second-order valence-corrected chi connectivity index (χ2v) is 6.80. The summed E-state index contributed by atoms with van der Waals surface area (Å²) in [4.78, 5) is 16.4. The molecule has 0 aromatic rings. The Labute approximate surface area is 140 Å². The van der Waals surface area contributed by atoms with Gasteiger partial charge in [-0.2, -0.15) is 0 Å². The molecule has 0 saturated heterocycles. The SMILES string of the molecule is CCCC1CC1NC(=NCC)NC1CCC(C(=O)OCC)CC1. The molecule has 5 heteroatoms. The van der Waals surface area contributed by atoms with Gasteiger partial charge in [0.05, 0.1) is 12.5 Å². The molecule has 0 aromatic carbocycles. The van der Waals surface area contributed by atoms with Crippen molar-refractivity contribution in [3.05, 3.63) is 0 Å². The number of hydrogen-bond acceptors (Lipinski definition) is 3. The van der Waals surface area contributed by atoms with Crippen molar-refractivity contribution in [3.63, 3.8) is 0 Å². The summed E-state index contributed by atoms with van der Waals surface area (Å²) in [5.41, 5.74) is 0. The minimum atomic E-state index is -0.0214. The minimum absolute atomic E-state index is 0.0214. The number of carbonyl (C=O) groups is 1. The van der Waals surface area contributed by atoms with Gasteiger partial charge >= 0.3 is 5.97 Å². The number of carbonyl (C=O) groups excluding carboxylic acids is 1. The molecule has 2 aliphatic rings. The zero-order chi connectivity index (χ0) is 16.7. The van der Waals surface area contributed by atoms with Crippen LogP contribution in [0.1, 0.15) is 65.7 Å². The van der Waals surface area contributed by atoms with Crippen molar-refractivity contribution < 1.29 is 9.53 Å². The third-order valence-corrected chi connectivity index (χ3v) is 4.91. The molecule has 5 nitrogen and oxygen atoms in total. The van der Waals surface area contributed by atoms with Crippen molar-refractivity contribution in [1.29, 1.82) is 0 Å². The van der Waals surface area contributed by atoms with Crippen LogP contribution in [0.5, 0.6) is 0 Å². The van der Waals surface area contributed by atoms with Crippen LogP contribution < -0.4 is 10.6 Å². The highest BCUT2D eigenvalue weighted by Gasteiger charge is 2.37. The first kappa shape index (κ1) is 18.1. The van der Waals surface area contributed by atoms with E-state index < -0.39 is 0 Å². The van der Waals surface area contributed by atoms with E-state index in [4.69, 9.17) is 4.74 Å². The maximum Gasteiger partial charge on any atom is 0.308 e. The first-order valence-electron chi connectivity index (χ1n) is 9.42. The second-order valence-electron chi connectivity index (χ2n) is 6.80. The van der Waals surface area contributed by atoms with E-state index in [9.17, 15) is 4.79 Å². The molecule has 2 fully saturated rings. The Balaban J connectivity index is 1.74. The molecule has 2 rings (SSSR count). The quantitative estimate of drug-likeness (QED) is 0.430. The number of esters is 1. The van der Waals surface area contributed by atoms with Gasteiger partial charge in [0.1, 0.15) is 0 Å². The molecule has 2 N–H and O–H groups in total. The standard InChI is InChI=1S/C18H33N3O2/c1-4-7-14-12-16(14)21-18(19-5-2)20-15-10-8-13(9-11-15)17(22)23-6-3/h13-16H,4-12H2,1-3H3,(H2,19,20,21). The molecule has 0 spiro atoms. The van der Waals surface area contributed by atoms with Crippen LogP contribution in [0, 0.1) is 11.8 Å². The average Bonchev–Trinajstić information content (AvgIpc) is 3.26. The lowest BCUT2D eigenvalue weighted by Crippen LogP contribution is -2.46. The number of aliphatic imine (C=N–C) groups is 1. The molecular weight excluding hydrogens is 290 g/mol. The lowest BCUT2D eigenvalue weighted by atomic mass is 9.86. The first-order chi connectivity index (χ1) is 11.2. The molecule has 2 unspecified atom stereocenters. The van der Waals surface area contributed by atoms with Gasteiger partial charge in [-0.25, -0.2) is 0 Å². The van der Waals surface area contributed by atoms with Crippen molar-refractivity contribution >= 4 is 11.9 Å². The molecule has 23 heavy (non-hydrogen) atoms. The van der Waals surface area contributed by atoms with Crippen LogP contribution in [0.3, 0.4) is 0 Å². The van der Waals surface area contributed by atoms with E-state index in [-0.39, 0.29) is 11.9 Å². The van der Waals surface area contributed by atoms with Crippen LogP contribution in [-0.2, 0) is 9.53 Å². The largest absolute Gasteiger partial charge is 0.466 e. The predicted octanol–water partition coefficient (Wildman–Crippen LogP) is 2.85. The van der Waals surface area contributed by atoms with E-state index in [1.807, 2.05) is 6.92 Å². The highest BCUT2D eigenvalue weighted by atomic mass is 16.5. The smallest absolute Gasteiger partial charge is 0.308 e. The van der Waals surface area contributed by atoms with Gasteiger partial charge in [-0.1, -0.05) is 13.3 Å². The van der Waals surface area contributed by atoms with Gasteiger partial charge in [0.2, 0.25) is 0 Å². The molecule has 0 aromatic heterocycles. The Hall–Kier alpha value is -1.26. The summed E-state index contributed by atoms with van der Waals surface area (Å²) in [5.74, 6) is 1.84. The van der Waals surface area contributed by atoms with Gasteiger partial charge in [0.25, 0.3) is 0 Å². The number of nitrogens with one attached hydrogen (secondary N) is 2. The number of hydrogen-bond donors (Lipinski definition) is 2. The van der Waals surface area contributed by atoms with Gasteiger partial charge in [0, 0.05) is 18.6 Å². The van der Waals surface area contributed by atoms with Crippen LogP contribution in [0.25, 0.3) is 0 Å². The molecule has 0 bridgehead atoms. The Morgan fingerprint density at radius 3 is 2.48 bits per heavy atom. The van der Waals surface area contributed by atoms with E-state index >= 15 is 0 Å². The second kappa shape index (κ2) is 9.14. The topological polar surface area (TPSA) is 62.7 Å². The molecule has 0 heterocycles. The average molecular weight is 323 g/mol. The lowest BCUT2D eigenvalue weighted by Gasteiger charge is -2.29. The third kappa shape index (κ3) is 5.70. The van der Waals surface area contributed by atoms with Crippen LogP contribution in [0.4, 0.5) is 0 Å². The van der Waals surface area contributed by atoms with E-state index in [0.717, 1.165) is 44.1 Å². The minimum Gasteiger partial charge on any atom is -0.466 e. The third-order valence-electron chi connectivity index (χ3n) is 4.91. The van der Waals surface area contributed by atoms with Crippen LogP contribution in [0.15, 0.2) is 4.99 Å². The summed E-state index contributed by atoms with van der Waals surface area (Å²) >= 11 is 0. The van der Waals surface area contributed by atoms with Crippen molar-refractivity contribution in [2.45, 2.75) is 77.8 Å². The van der Waals surface area contributed by atoms with E-state index in [0.29, 0.717) is 18.7 Å². The lowest BCUT2D eigenvalue weighted by molar-refractivity contribution is -0.149. The molecule has 0 radical (unpaired) electrons.